The molecule has 0 nitrogen and oxygen atoms in total. The summed E-state index contributed by atoms with van der Waals surface area (Å²) in [6, 6.07) is 15.2. The molecule has 0 bridgehead atoms. The maximum atomic E-state index is 12.8. The summed E-state index contributed by atoms with van der Waals surface area (Å²) in [6.07, 6.45) is 13.9. The fraction of sp³-hybridized carbons (Fsp3) is 0.429. The largest absolute Gasteiger partial charge is 0.207 e. The number of rotatable bonds is 4. The molecule has 0 radical (unpaired) electrons. The first kappa shape index (κ1) is 25.3. The summed E-state index contributed by atoms with van der Waals surface area (Å²) in [5, 5.41) is 0.822. The number of hydrogen-bond acceptors (Lipinski definition) is 0. The van der Waals surface area contributed by atoms with Crippen molar-refractivity contribution in [1.82, 2.24) is 0 Å². The van der Waals surface area contributed by atoms with Gasteiger partial charge in [-0.2, -0.15) is 0 Å². The van der Waals surface area contributed by atoms with Gasteiger partial charge >= 0.3 is 0 Å². The average molecular weight is 494 g/mol. The Hall–Kier alpha value is -1.28. The van der Waals surface area contributed by atoms with E-state index in [-0.39, 0.29) is 5.82 Å². The molecule has 2 saturated carbocycles. The molecule has 2 aliphatic rings. The number of allylic oxidation sites excluding steroid dienone is 2. The minimum Gasteiger partial charge on any atom is -0.207 e. The molecule has 0 amide bonds. The molecule has 0 atom stereocenters. The van der Waals surface area contributed by atoms with Gasteiger partial charge in [0.15, 0.2) is 0 Å². The van der Waals surface area contributed by atoms with Gasteiger partial charge < -0.3 is 0 Å². The van der Waals surface area contributed by atoms with Crippen LogP contribution < -0.4 is 0 Å². The molecule has 0 saturated heterocycles. The minimum atomic E-state index is -0.150. The van der Waals surface area contributed by atoms with Crippen LogP contribution in [0.4, 0.5) is 4.39 Å². The molecule has 0 unspecified atom stereocenters. The smallest absolute Gasteiger partial charge is 0.123 e. The standard InChI is InChI=1S/C14H16Cl2.C14H16ClF/c2*15-10-9-11-1-3-12(4-2-11)13-5-7-14(16)8-6-13/h2*5-12H,1-4H2/b2*10-9+. The van der Waals surface area contributed by atoms with Crippen molar-refractivity contribution >= 4 is 34.8 Å². The van der Waals surface area contributed by atoms with Gasteiger partial charge in [-0.3, -0.25) is 0 Å². The Bertz CT molecular complexity index is 768. The van der Waals surface area contributed by atoms with Gasteiger partial charge in [-0.05, 0) is 110 Å². The first-order valence-electron chi connectivity index (χ1n) is 11.6. The van der Waals surface area contributed by atoms with Crippen LogP contribution in [0.3, 0.4) is 0 Å². The summed E-state index contributed by atoms with van der Waals surface area (Å²) >= 11 is 17.1. The van der Waals surface area contributed by atoms with Crippen molar-refractivity contribution < 1.29 is 4.39 Å². The highest BCUT2D eigenvalue weighted by Crippen LogP contribution is 2.37. The molecule has 0 aliphatic heterocycles. The predicted molar refractivity (Wildman–Crippen MR) is 137 cm³/mol. The van der Waals surface area contributed by atoms with Crippen LogP contribution in [-0.2, 0) is 0 Å². The zero-order chi connectivity index (χ0) is 22.8. The predicted octanol–water partition coefficient (Wildman–Crippen LogP) is 10.2. The van der Waals surface area contributed by atoms with Gasteiger partial charge in [0.25, 0.3) is 0 Å². The van der Waals surface area contributed by atoms with Crippen LogP contribution in [-0.4, -0.2) is 0 Å². The van der Waals surface area contributed by atoms with Crippen LogP contribution in [0.1, 0.15) is 74.3 Å². The normalized spacial score (nSPS) is 26.1. The zero-order valence-electron chi connectivity index (χ0n) is 18.4. The number of halogens is 4. The Labute approximate surface area is 207 Å². The van der Waals surface area contributed by atoms with Crippen molar-refractivity contribution in [2.24, 2.45) is 11.8 Å². The van der Waals surface area contributed by atoms with Crippen LogP contribution >= 0.6 is 34.8 Å². The van der Waals surface area contributed by atoms with E-state index >= 15 is 0 Å². The van der Waals surface area contributed by atoms with Gasteiger partial charge in [0, 0.05) is 16.1 Å². The molecule has 32 heavy (non-hydrogen) atoms. The SMILES string of the molecule is Cl/C=C/C1CCC(c2ccc(Cl)cc2)CC1.Fc1ccc(C2CCC(/C=C/Cl)CC2)cc1. The van der Waals surface area contributed by atoms with Crippen molar-refractivity contribution in [3.8, 4) is 0 Å². The molecule has 0 N–H and O–H groups in total. The zero-order valence-corrected chi connectivity index (χ0v) is 20.7. The first-order chi connectivity index (χ1) is 15.6. The highest BCUT2D eigenvalue weighted by atomic mass is 35.5. The Kier molecular flexibility index (Phi) is 10.6. The highest BCUT2D eigenvalue weighted by molar-refractivity contribution is 6.30. The third-order valence-electron chi connectivity index (χ3n) is 6.92. The lowest BCUT2D eigenvalue weighted by Crippen LogP contribution is -2.11. The summed E-state index contributed by atoms with van der Waals surface area (Å²) in [5.41, 5.74) is 5.99. The molecular weight excluding hydrogens is 462 g/mol. The quantitative estimate of drug-likeness (QED) is 0.397. The lowest BCUT2D eigenvalue weighted by Gasteiger charge is -2.26. The Morgan fingerprint density at radius 3 is 1.34 bits per heavy atom. The molecule has 2 aliphatic carbocycles. The van der Waals surface area contributed by atoms with Gasteiger partial charge in [0.2, 0.25) is 0 Å². The average Bonchev–Trinajstić information content (AvgIpc) is 2.82. The minimum absolute atomic E-state index is 0.150. The van der Waals surface area contributed by atoms with Gasteiger partial charge in [-0.1, -0.05) is 71.2 Å². The van der Waals surface area contributed by atoms with E-state index in [1.54, 1.807) is 23.2 Å². The molecule has 0 aromatic heterocycles. The lowest BCUT2D eigenvalue weighted by atomic mass is 9.79. The maximum Gasteiger partial charge on any atom is 0.123 e. The van der Waals surface area contributed by atoms with Crippen molar-refractivity contribution in [2.45, 2.75) is 63.2 Å². The van der Waals surface area contributed by atoms with Crippen LogP contribution in [0.2, 0.25) is 5.02 Å². The van der Waals surface area contributed by atoms with E-state index < -0.39 is 0 Å². The van der Waals surface area contributed by atoms with Crippen molar-refractivity contribution in [3.05, 3.63) is 93.7 Å². The van der Waals surface area contributed by atoms with Gasteiger partial charge in [0.05, 0.1) is 0 Å². The number of hydrogen-bond donors (Lipinski definition) is 0. The van der Waals surface area contributed by atoms with Gasteiger partial charge in [-0.25, -0.2) is 4.39 Å². The van der Waals surface area contributed by atoms with Crippen LogP contribution in [0, 0.1) is 17.7 Å². The monoisotopic (exact) mass is 492 g/mol. The molecule has 2 fully saturated rings. The second-order valence-corrected chi connectivity index (χ2v) is 9.90. The molecular formula is C28H32Cl3F. The third kappa shape index (κ3) is 7.94. The summed E-state index contributed by atoms with van der Waals surface area (Å²) in [5.74, 6) is 2.47. The van der Waals surface area contributed by atoms with Gasteiger partial charge in [0.1, 0.15) is 5.82 Å². The van der Waals surface area contributed by atoms with E-state index in [9.17, 15) is 4.39 Å². The Balaban J connectivity index is 0.000000181. The summed E-state index contributed by atoms with van der Waals surface area (Å²) < 4.78 is 12.8. The second-order valence-electron chi connectivity index (χ2n) is 8.96. The molecule has 2 aromatic rings. The topological polar surface area (TPSA) is 0 Å². The Morgan fingerprint density at radius 1 is 0.594 bits per heavy atom. The Morgan fingerprint density at radius 2 is 0.969 bits per heavy atom. The second kappa shape index (κ2) is 13.4. The molecule has 4 rings (SSSR count). The van der Waals surface area contributed by atoms with E-state index in [2.05, 4.69) is 24.3 Å². The van der Waals surface area contributed by atoms with Crippen LogP contribution in [0.25, 0.3) is 0 Å². The fourth-order valence-corrected chi connectivity index (χ4v) is 5.50. The van der Waals surface area contributed by atoms with Crippen molar-refractivity contribution in [1.29, 1.82) is 0 Å². The molecule has 172 valence electrons. The summed E-state index contributed by atoms with van der Waals surface area (Å²) in [4.78, 5) is 0. The van der Waals surface area contributed by atoms with E-state index in [0.717, 1.165) is 5.02 Å². The van der Waals surface area contributed by atoms with E-state index in [0.29, 0.717) is 23.7 Å². The van der Waals surface area contributed by atoms with Crippen LogP contribution in [0.15, 0.2) is 71.8 Å². The summed E-state index contributed by atoms with van der Waals surface area (Å²) in [7, 11) is 0. The van der Waals surface area contributed by atoms with Crippen LogP contribution in [0.5, 0.6) is 0 Å². The fourth-order valence-electron chi connectivity index (χ4n) is 4.97. The summed E-state index contributed by atoms with van der Waals surface area (Å²) in [6.45, 7) is 0. The van der Waals surface area contributed by atoms with E-state index in [4.69, 9.17) is 34.8 Å². The number of benzene rings is 2. The van der Waals surface area contributed by atoms with E-state index in [1.807, 2.05) is 24.3 Å². The molecule has 0 spiro atoms. The van der Waals surface area contributed by atoms with Crippen molar-refractivity contribution in [3.63, 3.8) is 0 Å². The lowest BCUT2D eigenvalue weighted by molar-refractivity contribution is 0.376. The van der Waals surface area contributed by atoms with Crippen molar-refractivity contribution in [2.75, 3.05) is 0 Å². The maximum absolute atomic E-state index is 12.8. The third-order valence-corrected chi connectivity index (χ3v) is 7.46. The highest BCUT2D eigenvalue weighted by Gasteiger charge is 2.21. The molecule has 0 heterocycles. The van der Waals surface area contributed by atoms with E-state index in [1.165, 1.54) is 62.5 Å². The van der Waals surface area contributed by atoms with Gasteiger partial charge in [-0.15, -0.1) is 0 Å². The first-order valence-corrected chi connectivity index (χ1v) is 12.9. The molecule has 2 aromatic carbocycles. The molecule has 4 heteroatoms.